The Bertz CT molecular complexity index is 222. The molecule has 0 aromatic carbocycles. The van der Waals surface area contributed by atoms with Crippen molar-refractivity contribution in [2.45, 2.75) is 65.0 Å². The highest BCUT2D eigenvalue weighted by molar-refractivity contribution is 5.76. The summed E-state index contributed by atoms with van der Waals surface area (Å²) in [6, 6.07) is -0.415. The Morgan fingerprint density at radius 2 is 1.75 bits per heavy atom. The van der Waals surface area contributed by atoms with Crippen molar-refractivity contribution in [2.24, 2.45) is 17.6 Å². The van der Waals surface area contributed by atoms with E-state index in [0.29, 0.717) is 11.8 Å². The van der Waals surface area contributed by atoms with Crippen molar-refractivity contribution < 1.29 is 9.53 Å². The summed E-state index contributed by atoms with van der Waals surface area (Å²) in [5, 5.41) is 0. The number of ether oxygens (including phenoxy) is 1. The molecule has 94 valence electrons. The standard InChI is InChI=1S/C13H25NO2/c1-9(2)10(3)16-13(15)12(14)11-7-5-4-6-8-11/h9-12H,4-8,14H2,1-3H3. The van der Waals surface area contributed by atoms with Crippen LogP contribution in [0.15, 0.2) is 0 Å². The number of hydrogen-bond donors (Lipinski definition) is 1. The Kier molecular flexibility index (Phi) is 5.26. The second-order valence-electron chi connectivity index (χ2n) is 5.31. The van der Waals surface area contributed by atoms with Gasteiger partial charge < -0.3 is 10.5 Å². The summed E-state index contributed by atoms with van der Waals surface area (Å²) in [5.74, 6) is 0.469. The number of esters is 1. The molecule has 2 N–H and O–H groups in total. The van der Waals surface area contributed by atoms with E-state index in [0.717, 1.165) is 12.8 Å². The molecule has 16 heavy (non-hydrogen) atoms. The zero-order valence-corrected chi connectivity index (χ0v) is 10.7. The molecule has 0 radical (unpaired) electrons. The Labute approximate surface area is 98.7 Å². The van der Waals surface area contributed by atoms with Crippen LogP contribution in [0.4, 0.5) is 0 Å². The molecule has 0 amide bonds. The molecule has 1 rings (SSSR count). The van der Waals surface area contributed by atoms with Crippen molar-refractivity contribution in [3.63, 3.8) is 0 Å². The molecule has 0 aromatic rings. The molecule has 1 aliphatic carbocycles. The zero-order valence-electron chi connectivity index (χ0n) is 10.7. The van der Waals surface area contributed by atoms with E-state index in [1.807, 2.05) is 20.8 Å². The lowest BCUT2D eigenvalue weighted by Gasteiger charge is -2.27. The van der Waals surface area contributed by atoms with Crippen LogP contribution in [0, 0.1) is 11.8 Å². The van der Waals surface area contributed by atoms with E-state index in [9.17, 15) is 4.79 Å². The third-order valence-electron chi connectivity index (χ3n) is 3.67. The summed E-state index contributed by atoms with van der Waals surface area (Å²) >= 11 is 0. The van der Waals surface area contributed by atoms with Gasteiger partial charge in [0.1, 0.15) is 12.1 Å². The molecule has 2 unspecified atom stereocenters. The highest BCUT2D eigenvalue weighted by Crippen LogP contribution is 2.26. The fourth-order valence-corrected chi connectivity index (χ4v) is 2.08. The van der Waals surface area contributed by atoms with Gasteiger partial charge in [-0.1, -0.05) is 33.1 Å². The minimum atomic E-state index is -0.415. The van der Waals surface area contributed by atoms with E-state index >= 15 is 0 Å². The maximum Gasteiger partial charge on any atom is 0.323 e. The SMILES string of the molecule is CC(C)C(C)OC(=O)C(N)C1CCCCC1. The molecule has 1 aliphatic rings. The molecule has 3 heteroatoms. The number of carbonyl (C=O) groups excluding carboxylic acids is 1. The molecule has 1 fully saturated rings. The van der Waals surface area contributed by atoms with Crippen LogP contribution in [-0.2, 0) is 9.53 Å². The third-order valence-corrected chi connectivity index (χ3v) is 3.67. The van der Waals surface area contributed by atoms with Gasteiger partial charge in [-0.05, 0) is 31.6 Å². The summed E-state index contributed by atoms with van der Waals surface area (Å²) < 4.78 is 5.36. The number of nitrogens with two attached hydrogens (primary N) is 1. The van der Waals surface area contributed by atoms with E-state index in [4.69, 9.17) is 10.5 Å². The number of hydrogen-bond acceptors (Lipinski definition) is 3. The first kappa shape index (κ1) is 13.5. The Morgan fingerprint density at radius 1 is 1.19 bits per heavy atom. The topological polar surface area (TPSA) is 52.3 Å². The van der Waals surface area contributed by atoms with Gasteiger partial charge in [0, 0.05) is 0 Å². The monoisotopic (exact) mass is 227 g/mol. The molecular formula is C13H25NO2. The number of rotatable bonds is 4. The molecular weight excluding hydrogens is 202 g/mol. The van der Waals surface area contributed by atoms with Crippen molar-refractivity contribution in [3.8, 4) is 0 Å². The lowest BCUT2D eigenvalue weighted by Crippen LogP contribution is -2.42. The van der Waals surface area contributed by atoms with Gasteiger partial charge in [0.25, 0.3) is 0 Å². The zero-order chi connectivity index (χ0) is 12.1. The predicted octanol–water partition coefficient (Wildman–Crippen LogP) is 2.48. The first-order valence-electron chi connectivity index (χ1n) is 6.48. The van der Waals surface area contributed by atoms with E-state index in [1.165, 1.54) is 19.3 Å². The number of carbonyl (C=O) groups is 1. The predicted molar refractivity (Wildman–Crippen MR) is 64.9 cm³/mol. The molecule has 0 heterocycles. The first-order valence-corrected chi connectivity index (χ1v) is 6.48. The summed E-state index contributed by atoms with van der Waals surface area (Å²) in [6.07, 6.45) is 5.79. The van der Waals surface area contributed by atoms with Crippen molar-refractivity contribution in [2.75, 3.05) is 0 Å². The highest BCUT2D eigenvalue weighted by atomic mass is 16.5. The molecule has 1 saturated carbocycles. The lowest BCUT2D eigenvalue weighted by molar-refractivity contribution is -0.153. The Balaban J connectivity index is 2.40. The van der Waals surface area contributed by atoms with Gasteiger partial charge in [0.2, 0.25) is 0 Å². The van der Waals surface area contributed by atoms with E-state index < -0.39 is 6.04 Å². The largest absolute Gasteiger partial charge is 0.461 e. The van der Waals surface area contributed by atoms with Gasteiger partial charge in [0.15, 0.2) is 0 Å². The third kappa shape index (κ3) is 3.78. The van der Waals surface area contributed by atoms with Gasteiger partial charge in [-0.15, -0.1) is 0 Å². The smallest absolute Gasteiger partial charge is 0.323 e. The van der Waals surface area contributed by atoms with Gasteiger partial charge in [-0.2, -0.15) is 0 Å². The van der Waals surface area contributed by atoms with Gasteiger partial charge >= 0.3 is 5.97 Å². The van der Waals surface area contributed by atoms with Crippen LogP contribution in [0.5, 0.6) is 0 Å². The molecule has 3 nitrogen and oxygen atoms in total. The van der Waals surface area contributed by atoms with Crippen LogP contribution < -0.4 is 5.73 Å². The molecule has 0 spiro atoms. The molecule has 0 saturated heterocycles. The first-order chi connectivity index (χ1) is 7.52. The van der Waals surface area contributed by atoms with Crippen molar-refractivity contribution in [1.29, 1.82) is 0 Å². The summed E-state index contributed by atoms with van der Waals surface area (Å²) in [7, 11) is 0. The van der Waals surface area contributed by atoms with Gasteiger partial charge in [-0.3, -0.25) is 4.79 Å². The summed E-state index contributed by atoms with van der Waals surface area (Å²) in [6.45, 7) is 6.02. The van der Waals surface area contributed by atoms with Crippen molar-refractivity contribution in [1.82, 2.24) is 0 Å². The highest BCUT2D eigenvalue weighted by Gasteiger charge is 2.28. The Hall–Kier alpha value is -0.570. The van der Waals surface area contributed by atoms with Crippen LogP contribution in [0.25, 0.3) is 0 Å². The summed E-state index contributed by atoms with van der Waals surface area (Å²) in [5.41, 5.74) is 5.97. The van der Waals surface area contributed by atoms with E-state index in [2.05, 4.69) is 0 Å². The molecule has 0 aliphatic heterocycles. The van der Waals surface area contributed by atoms with E-state index in [1.54, 1.807) is 0 Å². The normalized spacial score (nSPS) is 21.8. The van der Waals surface area contributed by atoms with Gasteiger partial charge in [-0.25, -0.2) is 0 Å². The molecule has 0 bridgehead atoms. The van der Waals surface area contributed by atoms with Crippen LogP contribution in [0.3, 0.4) is 0 Å². The van der Waals surface area contributed by atoms with Crippen molar-refractivity contribution >= 4 is 5.97 Å². The average Bonchev–Trinajstić information content (AvgIpc) is 2.28. The fourth-order valence-electron chi connectivity index (χ4n) is 2.08. The molecule has 0 aromatic heterocycles. The summed E-state index contributed by atoms with van der Waals surface area (Å²) in [4.78, 5) is 11.8. The molecule has 2 atom stereocenters. The quantitative estimate of drug-likeness (QED) is 0.751. The van der Waals surface area contributed by atoms with Crippen LogP contribution in [0.2, 0.25) is 0 Å². The minimum Gasteiger partial charge on any atom is -0.461 e. The minimum absolute atomic E-state index is 0.0397. The van der Waals surface area contributed by atoms with Crippen LogP contribution in [0.1, 0.15) is 52.9 Å². The maximum absolute atomic E-state index is 11.8. The van der Waals surface area contributed by atoms with E-state index in [-0.39, 0.29) is 12.1 Å². The second kappa shape index (κ2) is 6.24. The average molecular weight is 227 g/mol. The van der Waals surface area contributed by atoms with Crippen molar-refractivity contribution in [3.05, 3.63) is 0 Å². The fraction of sp³-hybridized carbons (Fsp3) is 0.923. The Morgan fingerprint density at radius 3 is 2.25 bits per heavy atom. The van der Waals surface area contributed by atoms with Gasteiger partial charge in [0.05, 0.1) is 0 Å². The lowest BCUT2D eigenvalue weighted by atomic mass is 9.84. The second-order valence-corrected chi connectivity index (χ2v) is 5.31. The van der Waals surface area contributed by atoms with Crippen LogP contribution >= 0.6 is 0 Å². The van der Waals surface area contributed by atoms with Crippen LogP contribution in [-0.4, -0.2) is 18.1 Å². The maximum atomic E-state index is 11.8.